The lowest BCUT2D eigenvalue weighted by molar-refractivity contribution is 0.283. The van der Waals surface area contributed by atoms with Gasteiger partial charge in [0.05, 0.1) is 30.3 Å². The molecule has 0 radical (unpaired) electrons. The van der Waals surface area contributed by atoms with E-state index in [9.17, 15) is 0 Å². The van der Waals surface area contributed by atoms with E-state index in [-0.39, 0.29) is 0 Å². The zero-order chi connectivity index (χ0) is 17.2. The minimum absolute atomic E-state index is 0.695. The van der Waals surface area contributed by atoms with Crippen molar-refractivity contribution in [3.8, 4) is 11.5 Å². The van der Waals surface area contributed by atoms with Crippen molar-refractivity contribution < 1.29 is 4.42 Å². The molecule has 0 amide bonds. The molecule has 0 spiro atoms. The number of aromatic nitrogens is 4. The summed E-state index contributed by atoms with van der Waals surface area (Å²) in [6, 6.07) is 11.7. The van der Waals surface area contributed by atoms with E-state index in [0.29, 0.717) is 6.54 Å². The molecule has 126 valence electrons. The summed E-state index contributed by atoms with van der Waals surface area (Å²) >= 11 is 0. The van der Waals surface area contributed by atoms with E-state index < -0.39 is 0 Å². The third-order valence-electron chi connectivity index (χ3n) is 3.96. The molecule has 6 nitrogen and oxygen atoms in total. The highest BCUT2D eigenvalue weighted by atomic mass is 16.3. The van der Waals surface area contributed by atoms with Crippen LogP contribution in [0.4, 0.5) is 0 Å². The monoisotopic (exact) mass is 333 g/mol. The molecule has 6 heteroatoms. The van der Waals surface area contributed by atoms with Crippen LogP contribution in [0, 0.1) is 6.92 Å². The molecule has 0 fully saturated rings. The molecule has 4 rings (SSSR count). The Morgan fingerprint density at radius 3 is 2.64 bits per heavy atom. The van der Waals surface area contributed by atoms with Crippen molar-refractivity contribution in [3.05, 3.63) is 66.1 Å². The first-order valence-corrected chi connectivity index (χ1v) is 8.17. The Morgan fingerprint density at radius 1 is 1.00 bits per heavy atom. The number of imidazole rings is 1. The fourth-order valence-corrected chi connectivity index (χ4v) is 2.80. The summed E-state index contributed by atoms with van der Waals surface area (Å²) in [7, 11) is 2.04. The second-order valence-corrected chi connectivity index (χ2v) is 6.20. The van der Waals surface area contributed by atoms with Crippen LogP contribution in [0.5, 0.6) is 0 Å². The lowest BCUT2D eigenvalue weighted by Crippen LogP contribution is -2.17. The van der Waals surface area contributed by atoms with E-state index >= 15 is 0 Å². The topological polar surface area (TPSA) is 70.8 Å². The molecule has 1 aromatic carbocycles. The first-order chi connectivity index (χ1) is 12.2. The Labute approximate surface area is 145 Å². The van der Waals surface area contributed by atoms with Crippen LogP contribution in [-0.2, 0) is 13.1 Å². The second-order valence-electron chi connectivity index (χ2n) is 6.20. The van der Waals surface area contributed by atoms with Gasteiger partial charge in [0.15, 0.2) is 5.76 Å². The van der Waals surface area contributed by atoms with Gasteiger partial charge in [-0.3, -0.25) is 9.88 Å². The number of nitrogens with one attached hydrogen (secondary N) is 1. The molecular formula is C19H19N5O. The molecule has 4 aromatic rings. The molecule has 0 saturated heterocycles. The molecule has 3 aromatic heterocycles. The zero-order valence-corrected chi connectivity index (χ0v) is 14.2. The van der Waals surface area contributed by atoms with E-state index in [1.807, 2.05) is 56.6 Å². The minimum atomic E-state index is 0.695. The van der Waals surface area contributed by atoms with Crippen LogP contribution in [0.25, 0.3) is 22.5 Å². The van der Waals surface area contributed by atoms with Crippen molar-refractivity contribution >= 4 is 11.0 Å². The maximum absolute atomic E-state index is 5.96. The van der Waals surface area contributed by atoms with Crippen molar-refractivity contribution in [1.29, 1.82) is 0 Å². The largest absolute Gasteiger partial charge is 0.458 e. The molecule has 0 saturated carbocycles. The van der Waals surface area contributed by atoms with E-state index in [1.54, 1.807) is 6.20 Å². The highest BCUT2D eigenvalue weighted by molar-refractivity contribution is 5.76. The van der Waals surface area contributed by atoms with E-state index in [0.717, 1.165) is 46.3 Å². The number of H-pyrrole nitrogens is 1. The van der Waals surface area contributed by atoms with Gasteiger partial charge < -0.3 is 9.40 Å². The highest BCUT2D eigenvalue weighted by Gasteiger charge is 2.10. The summed E-state index contributed by atoms with van der Waals surface area (Å²) in [5.74, 6) is 2.57. The van der Waals surface area contributed by atoms with Crippen LogP contribution in [0.3, 0.4) is 0 Å². The smallest absolute Gasteiger partial charge is 0.154 e. The molecule has 0 aliphatic rings. The van der Waals surface area contributed by atoms with Gasteiger partial charge in [0, 0.05) is 11.9 Å². The van der Waals surface area contributed by atoms with E-state index in [4.69, 9.17) is 4.42 Å². The minimum Gasteiger partial charge on any atom is -0.458 e. The van der Waals surface area contributed by atoms with Gasteiger partial charge in [-0.15, -0.1) is 0 Å². The molecule has 0 aliphatic carbocycles. The van der Waals surface area contributed by atoms with Crippen LogP contribution in [-0.4, -0.2) is 31.9 Å². The standard InChI is InChI=1S/C19H19N5O/c1-13-9-21-19(22-13)12-24(2)11-14-7-8-18(25-14)17-10-20-15-5-3-4-6-16(15)23-17/h3-10H,11-12H2,1-2H3,(H,21,22). The number of rotatable bonds is 5. The zero-order valence-electron chi connectivity index (χ0n) is 14.2. The summed E-state index contributed by atoms with van der Waals surface area (Å²) in [5.41, 5.74) is 3.56. The van der Waals surface area contributed by atoms with Crippen molar-refractivity contribution in [2.45, 2.75) is 20.0 Å². The van der Waals surface area contributed by atoms with Gasteiger partial charge in [0.25, 0.3) is 0 Å². The van der Waals surface area contributed by atoms with Crippen molar-refractivity contribution in [3.63, 3.8) is 0 Å². The molecular weight excluding hydrogens is 314 g/mol. The van der Waals surface area contributed by atoms with Gasteiger partial charge in [0.2, 0.25) is 0 Å². The van der Waals surface area contributed by atoms with Gasteiger partial charge >= 0.3 is 0 Å². The first kappa shape index (κ1) is 15.5. The van der Waals surface area contributed by atoms with Gasteiger partial charge in [-0.1, -0.05) is 12.1 Å². The number of aromatic amines is 1. The third kappa shape index (κ3) is 3.44. The highest BCUT2D eigenvalue weighted by Crippen LogP contribution is 2.22. The van der Waals surface area contributed by atoms with Crippen molar-refractivity contribution in [1.82, 2.24) is 24.8 Å². The van der Waals surface area contributed by atoms with Gasteiger partial charge in [-0.05, 0) is 38.2 Å². The Morgan fingerprint density at radius 2 is 1.84 bits per heavy atom. The molecule has 25 heavy (non-hydrogen) atoms. The van der Waals surface area contributed by atoms with Crippen molar-refractivity contribution in [2.24, 2.45) is 0 Å². The maximum Gasteiger partial charge on any atom is 0.154 e. The lowest BCUT2D eigenvalue weighted by Gasteiger charge is -2.13. The number of furan rings is 1. The summed E-state index contributed by atoms with van der Waals surface area (Å²) < 4.78 is 5.96. The maximum atomic E-state index is 5.96. The molecule has 0 aliphatic heterocycles. The van der Waals surface area contributed by atoms with Gasteiger partial charge in [-0.2, -0.15) is 0 Å². The van der Waals surface area contributed by atoms with Gasteiger partial charge in [0.1, 0.15) is 17.3 Å². The second kappa shape index (κ2) is 6.49. The van der Waals surface area contributed by atoms with Crippen LogP contribution in [0.1, 0.15) is 17.3 Å². The summed E-state index contributed by atoms with van der Waals surface area (Å²) in [4.78, 5) is 18.8. The number of benzene rings is 1. The third-order valence-corrected chi connectivity index (χ3v) is 3.96. The van der Waals surface area contributed by atoms with Crippen LogP contribution in [0.2, 0.25) is 0 Å². The number of hydrogen-bond donors (Lipinski definition) is 1. The SMILES string of the molecule is Cc1cnc(CN(C)Cc2ccc(-c3cnc4ccccc4n3)o2)[nH]1. The average Bonchev–Trinajstić information content (AvgIpc) is 3.23. The molecule has 1 N–H and O–H groups in total. The first-order valence-electron chi connectivity index (χ1n) is 8.17. The van der Waals surface area contributed by atoms with Crippen LogP contribution >= 0.6 is 0 Å². The molecule has 0 atom stereocenters. The predicted molar refractivity (Wildman–Crippen MR) is 95.7 cm³/mol. The molecule has 0 unspecified atom stereocenters. The predicted octanol–water partition coefficient (Wildman–Crippen LogP) is 3.55. The Balaban J connectivity index is 1.49. The van der Waals surface area contributed by atoms with Crippen LogP contribution in [0.15, 0.2) is 53.2 Å². The quantitative estimate of drug-likeness (QED) is 0.605. The fraction of sp³-hybridized carbons (Fsp3) is 0.211. The molecule has 0 bridgehead atoms. The van der Waals surface area contributed by atoms with Gasteiger partial charge in [-0.25, -0.2) is 9.97 Å². The summed E-state index contributed by atoms with van der Waals surface area (Å²) in [5, 5.41) is 0. The lowest BCUT2D eigenvalue weighted by atomic mass is 10.3. The number of nitrogens with zero attached hydrogens (tertiary/aromatic N) is 4. The fourth-order valence-electron chi connectivity index (χ4n) is 2.80. The summed E-state index contributed by atoms with van der Waals surface area (Å²) in [6.07, 6.45) is 3.59. The molecule has 3 heterocycles. The summed E-state index contributed by atoms with van der Waals surface area (Å²) in [6.45, 7) is 3.43. The number of fused-ring (bicyclic) bond motifs is 1. The normalized spacial score (nSPS) is 11.5. The number of aryl methyl sites for hydroxylation is 1. The van der Waals surface area contributed by atoms with E-state index in [1.165, 1.54) is 0 Å². The average molecular weight is 333 g/mol. The Kier molecular flexibility index (Phi) is 4.03. The Hall–Kier alpha value is -2.99. The van der Waals surface area contributed by atoms with Crippen LogP contribution < -0.4 is 0 Å². The van der Waals surface area contributed by atoms with E-state index in [2.05, 4.69) is 24.8 Å². The number of hydrogen-bond acceptors (Lipinski definition) is 5. The number of para-hydroxylation sites is 2. The Bertz CT molecular complexity index is 1000. The van der Waals surface area contributed by atoms with Crippen molar-refractivity contribution in [2.75, 3.05) is 7.05 Å².